The molecule has 0 bridgehead atoms. The second kappa shape index (κ2) is 4.54. The summed E-state index contributed by atoms with van der Waals surface area (Å²) in [5.41, 5.74) is 7.03. The lowest BCUT2D eigenvalue weighted by Gasteiger charge is -2.26. The van der Waals surface area contributed by atoms with E-state index in [1.807, 2.05) is 10.9 Å². The van der Waals surface area contributed by atoms with E-state index >= 15 is 0 Å². The normalized spacial score (nSPS) is 26.9. The Labute approximate surface area is 95.6 Å². The minimum Gasteiger partial charge on any atom is -0.328 e. The van der Waals surface area contributed by atoms with Gasteiger partial charge in [-0.05, 0) is 32.1 Å². The molecule has 0 amide bonds. The molecule has 0 saturated heterocycles. The summed E-state index contributed by atoms with van der Waals surface area (Å²) in [6.07, 6.45) is 7.21. The second-order valence-corrected chi connectivity index (χ2v) is 4.69. The molecule has 0 aliphatic heterocycles. The van der Waals surface area contributed by atoms with Gasteiger partial charge in [0.05, 0.1) is 12.2 Å². The van der Waals surface area contributed by atoms with Gasteiger partial charge >= 0.3 is 0 Å². The van der Waals surface area contributed by atoms with Gasteiger partial charge in [-0.25, -0.2) is 0 Å². The van der Waals surface area contributed by atoms with Crippen LogP contribution in [0.3, 0.4) is 0 Å². The van der Waals surface area contributed by atoms with Gasteiger partial charge < -0.3 is 5.73 Å². The summed E-state index contributed by atoms with van der Waals surface area (Å²) < 4.78 is 1.98. The maximum atomic E-state index is 6.26. The summed E-state index contributed by atoms with van der Waals surface area (Å²) in [6, 6.07) is 0.832. The van der Waals surface area contributed by atoms with E-state index < -0.39 is 0 Å². The highest BCUT2D eigenvalue weighted by Crippen LogP contribution is 2.30. The number of nitrogens with zero attached hydrogens (tertiary/aromatic N) is 2. The molecule has 15 heavy (non-hydrogen) atoms. The molecule has 1 aliphatic carbocycles. The van der Waals surface area contributed by atoms with E-state index in [1.54, 1.807) is 0 Å². The van der Waals surface area contributed by atoms with Gasteiger partial charge in [-0.2, -0.15) is 5.10 Å². The Morgan fingerprint density at radius 2 is 2.13 bits per heavy atom. The van der Waals surface area contributed by atoms with Crippen molar-refractivity contribution in [1.29, 1.82) is 0 Å². The van der Waals surface area contributed by atoms with Crippen molar-refractivity contribution in [3.63, 3.8) is 0 Å². The largest absolute Gasteiger partial charge is 0.328 e. The molecule has 1 saturated carbocycles. The first kappa shape index (κ1) is 11.0. The quantitative estimate of drug-likeness (QED) is 0.844. The maximum absolute atomic E-state index is 6.26. The minimum atomic E-state index is 0.376. The van der Waals surface area contributed by atoms with Gasteiger partial charge in [-0.15, -0.1) is 0 Å². The van der Waals surface area contributed by atoms with E-state index in [9.17, 15) is 0 Å². The van der Waals surface area contributed by atoms with E-state index in [4.69, 9.17) is 17.3 Å². The first-order chi connectivity index (χ1) is 7.22. The highest BCUT2D eigenvalue weighted by molar-refractivity contribution is 6.30. The van der Waals surface area contributed by atoms with Crippen molar-refractivity contribution in [1.82, 2.24) is 9.78 Å². The number of hydrogen-bond donors (Lipinski definition) is 1. The molecule has 0 radical (unpaired) electrons. The summed E-state index contributed by atoms with van der Waals surface area (Å²) in [6.45, 7) is 2.10. The lowest BCUT2D eigenvalue weighted by molar-refractivity contribution is 0.304. The Bertz CT molecular complexity index is 327. The molecule has 2 rings (SSSR count). The summed E-state index contributed by atoms with van der Waals surface area (Å²) >= 11 is 6.26. The molecule has 4 heteroatoms. The van der Waals surface area contributed by atoms with Gasteiger partial charge in [0.15, 0.2) is 0 Å². The Morgan fingerprint density at radius 3 is 2.67 bits per heavy atom. The number of halogens is 1. The zero-order valence-electron chi connectivity index (χ0n) is 9.12. The monoisotopic (exact) mass is 227 g/mol. The van der Waals surface area contributed by atoms with E-state index in [-0.39, 0.29) is 0 Å². The van der Waals surface area contributed by atoms with E-state index in [2.05, 4.69) is 12.0 Å². The van der Waals surface area contributed by atoms with Crippen LogP contribution in [0.1, 0.15) is 44.2 Å². The van der Waals surface area contributed by atoms with Crippen molar-refractivity contribution in [3.8, 4) is 0 Å². The second-order valence-electron chi connectivity index (χ2n) is 4.33. The first-order valence-corrected chi connectivity index (χ1v) is 6.07. The smallest absolute Gasteiger partial charge is 0.130 e. The molecule has 84 valence electrons. The van der Waals surface area contributed by atoms with Crippen LogP contribution in [0.15, 0.2) is 6.20 Å². The van der Waals surface area contributed by atoms with Crippen molar-refractivity contribution in [2.45, 2.75) is 51.1 Å². The van der Waals surface area contributed by atoms with Gasteiger partial charge in [-0.3, -0.25) is 4.68 Å². The van der Waals surface area contributed by atoms with Gasteiger partial charge in [0.1, 0.15) is 5.15 Å². The van der Waals surface area contributed by atoms with Gasteiger partial charge in [0.2, 0.25) is 0 Å². The molecule has 0 atom stereocenters. The van der Waals surface area contributed by atoms with Crippen LogP contribution in [0, 0.1) is 0 Å². The molecular formula is C11H18ClN3. The standard InChI is InChI=1S/C11H18ClN3/c1-2-8-7-14-15(11(8)12)10-5-3-9(13)4-6-10/h7,9-10H,2-6,13H2,1H3. The van der Waals surface area contributed by atoms with Crippen molar-refractivity contribution in [3.05, 3.63) is 16.9 Å². The molecule has 1 fully saturated rings. The lowest BCUT2D eigenvalue weighted by atomic mass is 9.92. The highest BCUT2D eigenvalue weighted by atomic mass is 35.5. The van der Waals surface area contributed by atoms with Crippen LogP contribution in [0.4, 0.5) is 0 Å². The Hall–Kier alpha value is -0.540. The summed E-state index contributed by atoms with van der Waals surface area (Å²) in [5, 5.41) is 5.20. The van der Waals surface area contributed by atoms with E-state index in [1.165, 1.54) is 0 Å². The molecule has 2 N–H and O–H groups in total. The highest BCUT2D eigenvalue weighted by Gasteiger charge is 2.22. The number of aromatic nitrogens is 2. The molecule has 0 aromatic carbocycles. The van der Waals surface area contributed by atoms with E-state index in [0.29, 0.717) is 12.1 Å². The molecule has 1 aliphatic rings. The number of nitrogens with two attached hydrogens (primary N) is 1. The van der Waals surface area contributed by atoms with Crippen LogP contribution in [-0.2, 0) is 6.42 Å². The Balaban J connectivity index is 2.12. The van der Waals surface area contributed by atoms with Crippen LogP contribution in [0.25, 0.3) is 0 Å². The van der Waals surface area contributed by atoms with Crippen LogP contribution < -0.4 is 5.73 Å². The Kier molecular flexibility index (Phi) is 3.32. The van der Waals surface area contributed by atoms with Crippen LogP contribution >= 0.6 is 11.6 Å². The van der Waals surface area contributed by atoms with Gasteiger partial charge in [0, 0.05) is 11.6 Å². The minimum absolute atomic E-state index is 0.376. The van der Waals surface area contributed by atoms with Gasteiger partial charge in [0.25, 0.3) is 0 Å². The van der Waals surface area contributed by atoms with Crippen molar-refractivity contribution in [2.75, 3.05) is 0 Å². The zero-order chi connectivity index (χ0) is 10.8. The van der Waals surface area contributed by atoms with Gasteiger partial charge in [-0.1, -0.05) is 18.5 Å². The average molecular weight is 228 g/mol. The average Bonchev–Trinajstić information content (AvgIpc) is 2.61. The number of aryl methyl sites for hydroxylation is 1. The molecule has 1 aromatic heterocycles. The maximum Gasteiger partial charge on any atom is 0.130 e. The molecule has 1 aromatic rings. The van der Waals surface area contributed by atoms with Crippen LogP contribution in [0.5, 0.6) is 0 Å². The van der Waals surface area contributed by atoms with Crippen molar-refractivity contribution < 1.29 is 0 Å². The Morgan fingerprint density at radius 1 is 1.47 bits per heavy atom. The van der Waals surface area contributed by atoms with E-state index in [0.717, 1.165) is 42.8 Å². The summed E-state index contributed by atoms with van der Waals surface area (Å²) in [4.78, 5) is 0. The van der Waals surface area contributed by atoms with Crippen LogP contribution in [0.2, 0.25) is 5.15 Å². The molecule has 0 unspecified atom stereocenters. The third-order valence-electron chi connectivity index (χ3n) is 3.27. The fourth-order valence-electron chi connectivity index (χ4n) is 2.22. The number of hydrogen-bond acceptors (Lipinski definition) is 2. The van der Waals surface area contributed by atoms with Crippen LogP contribution in [-0.4, -0.2) is 15.8 Å². The third kappa shape index (κ3) is 2.18. The third-order valence-corrected chi connectivity index (χ3v) is 3.69. The fraction of sp³-hybridized carbons (Fsp3) is 0.727. The SMILES string of the molecule is CCc1cnn(C2CCC(N)CC2)c1Cl. The fourth-order valence-corrected chi connectivity index (χ4v) is 2.58. The summed E-state index contributed by atoms with van der Waals surface area (Å²) in [7, 11) is 0. The van der Waals surface area contributed by atoms with Crippen molar-refractivity contribution >= 4 is 11.6 Å². The lowest BCUT2D eigenvalue weighted by Crippen LogP contribution is -2.28. The molecule has 3 nitrogen and oxygen atoms in total. The molecular weight excluding hydrogens is 210 g/mol. The first-order valence-electron chi connectivity index (χ1n) is 5.69. The number of rotatable bonds is 2. The topological polar surface area (TPSA) is 43.8 Å². The predicted molar refractivity (Wildman–Crippen MR) is 62.1 cm³/mol. The molecule has 0 spiro atoms. The summed E-state index contributed by atoms with van der Waals surface area (Å²) in [5.74, 6) is 0. The molecule has 1 heterocycles. The zero-order valence-corrected chi connectivity index (χ0v) is 9.87. The predicted octanol–water partition coefficient (Wildman–Crippen LogP) is 2.54. The van der Waals surface area contributed by atoms with Crippen molar-refractivity contribution in [2.24, 2.45) is 5.73 Å².